The van der Waals surface area contributed by atoms with Gasteiger partial charge in [-0.1, -0.05) is 30.2 Å². The summed E-state index contributed by atoms with van der Waals surface area (Å²) in [6.07, 6.45) is 8.85. The standard InChI is InChI=1S/C34H41N7O2/c1-3-8-33(42)41-17-12-30(13-18-41)40(2)19-16-36-28-21-26-22-29(24-28)38-34-37-15-11-32(39-34)27-9-7-10-31(23-27)43-20-6-4-5-14-35-25-26/h4-5,7,9-11,15,21-24,30,35-36H,6,12-14,16-20,25H2,1-2H3,(H,37,38,39)/b5-4+. The summed E-state index contributed by atoms with van der Waals surface area (Å²) in [7, 11) is 2.17. The van der Waals surface area contributed by atoms with Gasteiger partial charge in [0.2, 0.25) is 5.95 Å². The lowest BCUT2D eigenvalue weighted by atomic mass is 10.0. The molecule has 224 valence electrons. The highest BCUT2D eigenvalue weighted by molar-refractivity contribution is 5.93. The van der Waals surface area contributed by atoms with Gasteiger partial charge in [-0.15, -0.1) is 0 Å². The minimum absolute atomic E-state index is 0.0600. The van der Waals surface area contributed by atoms with Crippen LogP contribution in [-0.2, 0) is 11.3 Å². The molecule has 1 amide bonds. The van der Waals surface area contributed by atoms with Crippen molar-refractivity contribution < 1.29 is 9.53 Å². The number of aromatic nitrogens is 2. The smallest absolute Gasteiger partial charge is 0.298 e. The zero-order chi connectivity index (χ0) is 29.9. The lowest BCUT2D eigenvalue weighted by Crippen LogP contribution is -2.46. The van der Waals surface area contributed by atoms with Crippen LogP contribution in [0, 0.1) is 11.8 Å². The molecule has 0 unspecified atom stereocenters. The van der Waals surface area contributed by atoms with Gasteiger partial charge in [0.05, 0.1) is 12.3 Å². The van der Waals surface area contributed by atoms with Crippen LogP contribution in [0.25, 0.3) is 11.3 Å². The molecule has 6 bridgehead atoms. The molecule has 0 spiro atoms. The zero-order valence-corrected chi connectivity index (χ0v) is 25.1. The number of benzene rings is 2. The Kier molecular flexibility index (Phi) is 10.6. The van der Waals surface area contributed by atoms with Crippen LogP contribution in [0.15, 0.2) is 66.9 Å². The number of rotatable bonds is 5. The fourth-order valence-electron chi connectivity index (χ4n) is 5.42. The number of nitrogens with zero attached hydrogens (tertiary/aromatic N) is 4. The Morgan fingerprint density at radius 3 is 2.91 bits per heavy atom. The van der Waals surface area contributed by atoms with Crippen molar-refractivity contribution in [3.05, 3.63) is 72.4 Å². The van der Waals surface area contributed by atoms with Gasteiger partial charge in [-0.2, -0.15) is 0 Å². The van der Waals surface area contributed by atoms with Gasteiger partial charge in [0.15, 0.2) is 0 Å². The first-order chi connectivity index (χ1) is 21.1. The molecular weight excluding hydrogens is 538 g/mol. The van der Waals surface area contributed by atoms with Gasteiger partial charge in [-0.3, -0.25) is 4.79 Å². The predicted octanol–water partition coefficient (Wildman–Crippen LogP) is 4.67. The highest BCUT2D eigenvalue weighted by Gasteiger charge is 2.24. The molecule has 43 heavy (non-hydrogen) atoms. The lowest BCUT2D eigenvalue weighted by Gasteiger charge is -2.36. The summed E-state index contributed by atoms with van der Waals surface area (Å²) in [4.78, 5) is 25.6. The molecule has 0 atom stereocenters. The summed E-state index contributed by atoms with van der Waals surface area (Å²) in [5.74, 6) is 6.68. The number of anilines is 3. The molecule has 3 aromatic rings. The van der Waals surface area contributed by atoms with Gasteiger partial charge in [0.1, 0.15) is 5.75 Å². The maximum absolute atomic E-state index is 12.1. The second-order valence-electron chi connectivity index (χ2n) is 10.9. The minimum atomic E-state index is -0.0600. The van der Waals surface area contributed by atoms with Gasteiger partial charge in [0.25, 0.3) is 5.91 Å². The summed E-state index contributed by atoms with van der Waals surface area (Å²) in [5.41, 5.74) is 4.94. The van der Waals surface area contributed by atoms with Crippen LogP contribution >= 0.6 is 0 Å². The van der Waals surface area contributed by atoms with Gasteiger partial charge < -0.3 is 30.5 Å². The van der Waals surface area contributed by atoms with Crippen LogP contribution in [0.3, 0.4) is 0 Å². The minimum Gasteiger partial charge on any atom is -0.493 e. The van der Waals surface area contributed by atoms with Gasteiger partial charge in [0, 0.05) is 68.4 Å². The number of hydrogen-bond donors (Lipinski definition) is 3. The van der Waals surface area contributed by atoms with Crippen molar-refractivity contribution in [2.75, 3.05) is 57.0 Å². The van der Waals surface area contributed by atoms with Crippen LogP contribution in [0.4, 0.5) is 17.3 Å². The van der Waals surface area contributed by atoms with Crippen molar-refractivity contribution in [2.45, 2.75) is 38.8 Å². The molecule has 9 heteroatoms. The fourth-order valence-corrected chi connectivity index (χ4v) is 5.42. The first kappa shape index (κ1) is 30.1. The molecule has 1 aromatic heterocycles. The number of piperidine rings is 1. The van der Waals surface area contributed by atoms with Crippen molar-refractivity contribution >= 4 is 23.2 Å². The molecule has 3 N–H and O–H groups in total. The third-order valence-electron chi connectivity index (χ3n) is 7.75. The van der Waals surface area contributed by atoms with Crippen LogP contribution < -0.4 is 20.7 Å². The van der Waals surface area contributed by atoms with Crippen LogP contribution in [0.1, 0.15) is 31.7 Å². The molecule has 9 nitrogen and oxygen atoms in total. The van der Waals surface area contributed by atoms with E-state index in [1.807, 2.05) is 35.2 Å². The van der Waals surface area contributed by atoms with E-state index in [-0.39, 0.29) is 5.91 Å². The normalized spacial score (nSPS) is 16.5. The molecule has 2 aromatic carbocycles. The summed E-state index contributed by atoms with van der Waals surface area (Å²) < 4.78 is 5.95. The predicted molar refractivity (Wildman–Crippen MR) is 172 cm³/mol. The average Bonchev–Trinajstić information content (AvgIpc) is 3.02. The molecule has 1 saturated heterocycles. The van der Waals surface area contributed by atoms with E-state index in [0.717, 1.165) is 92.5 Å². The van der Waals surface area contributed by atoms with E-state index < -0.39 is 0 Å². The second-order valence-corrected chi connectivity index (χ2v) is 10.9. The number of carbonyl (C=O) groups is 1. The molecule has 3 heterocycles. The zero-order valence-electron chi connectivity index (χ0n) is 25.1. The van der Waals surface area contributed by atoms with Gasteiger partial charge in [-0.05, 0) is 81.1 Å². The topological polar surface area (TPSA) is 94.7 Å². The Bertz CT molecular complexity index is 1470. The highest BCUT2D eigenvalue weighted by Crippen LogP contribution is 2.26. The van der Waals surface area contributed by atoms with Crippen molar-refractivity contribution in [1.82, 2.24) is 25.1 Å². The molecule has 5 rings (SSSR count). The number of ether oxygens (including phenoxy) is 1. The number of fused-ring (bicyclic) bond motifs is 7. The number of amides is 1. The van der Waals surface area contributed by atoms with E-state index in [2.05, 4.69) is 75.1 Å². The number of hydrogen-bond acceptors (Lipinski definition) is 8. The SMILES string of the molecule is CC#CC(=O)N1CCC(N(C)CCNc2cc3cc(c2)Nc2nccc(n2)-c2cccc(c2)OCC/C=C/CNC3)CC1. The van der Waals surface area contributed by atoms with Crippen LogP contribution in [0.2, 0.25) is 0 Å². The summed E-state index contributed by atoms with van der Waals surface area (Å²) in [6.45, 7) is 7.07. The maximum Gasteiger partial charge on any atom is 0.298 e. The Labute approximate surface area is 254 Å². The molecule has 0 radical (unpaired) electrons. The molecule has 0 saturated carbocycles. The first-order valence-corrected chi connectivity index (χ1v) is 15.1. The number of likely N-dealkylation sites (N-methyl/N-ethyl adjacent to an activating group) is 1. The van der Waals surface area contributed by atoms with Crippen LogP contribution in [-0.4, -0.2) is 78.1 Å². The highest BCUT2D eigenvalue weighted by atomic mass is 16.5. The third kappa shape index (κ3) is 8.80. The van der Waals surface area contributed by atoms with Gasteiger partial charge in [-0.25, -0.2) is 9.97 Å². The fraction of sp³-hybridized carbons (Fsp3) is 0.382. The second kappa shape index (κ2) is 15.2. The van der Waals surface area contributed by atoms with E-state index in [1.54, 1.807) is 13.1 Å². The molecular formula is C34H41N7O2. The lowest BCUT2D eigenvalue weighted by molar-refractivity contribution is -0.126. The van der Waals surface area contributed by atoms with E-state index in [0.29, 0.717) is 18.6 Å². The average molecular weight is 580 g/mol. The number of carbonyl (C=O) groups excluding carboxylic acids is 1. The summed E-state index contributed by atoms with van der Waals surface area (Å²) >= 11 is 0. The Balaban J connectivity index is 1.26. The number of likely N-dealkylation sites (tertiary alicyclic amines) is 1. The molecule has 2 aliphatic heterocycles. The van der Waals surface area contributed by atoms with Crippen molar-refractivity contribution in [1.29, 1.82) is 0 Å². The molecule has 0 aliphatic carbocycles. The van der Waals surface area contributed by atoms with E-state index in [4.69, 9.17) is 9.72 Å². The van der Waals surface area contributed by atoms with E-state index in [9.17, 15) is 4.79 Å². The third-order valence-corrected chi connectivity index (χ3v) is 7.75. The summed E-state index contributed by atoms with van der Waals surface area (Å²) in [6, 6.07) is 16.8. The largest absolute Gasteiger partial charge is 0.493 e. The number of nitrogens with one attached hydrogen (secondary N) is 3. The van der Waals surface area contributed by atoms with Crippen molar-refractivity contribution in [3.8, 4) is 28.8 Å². The molecule has 1 fully saturated rings. The van der Waals surface area contributed by atoms with E-state index in [1.165, 1.54) is 0 Å². The monoisotopic (exact) mass is 579 g/mol. The van der Waals surface area contributed by atoms with E-state index >= 15 is 0 Å². The Morgan fingerprint density at radius 1 is 1.16 bits per heavy atom. The van der Waals surface area contributed by atoms with Crippen LogP contribution in [0.5, 0.6) is 5.75 Å². The first-order valence-electron chi connectivity index (χ1n) is 15.1. The quantitative estimate of drug-likeness (QED) is 0.297. The summed E-state index contributed by atoms with van der Waals surface area (Å²) in [5, 5.41) is 10.6. The Morgan fingerprint density at radius 2 is 2.05 bits per heavy atom. The van der Waals surface area contributed by atoms with Gasteiger partial charge >= 0.3 is 0 Å². The maximum atomic E-state index is 12.1. The Hall–Kier alpha value is -4.39. The molecule has 2 aliphatic rings. The van der Waals surface area contributed by atoms with Crippen molar-refractivity contribution in [3.63, 3.8) is 0 Å². The van der Waals surface area contributed by atoms with Crippen molar-refractivity contribution in [2.24, 2.45) is 0 Å².